The topological polar surface area (TPSA) is 18.5 Å². The van der Waals surface area contributed by atoms with Gasteiger partial charge >= 0.3 is 0 Å². The van der Waals surface area contributed by atoms with Gasteiger partial charge in [-0.2, -0.15) is 0 Å². The van der Waals surface area contributed by atoms with E-state index >= 15 is 0 Å². The van der Waals surface area contributed by atoms with E-state index in [1.165, 1.54) is 0 Å². The predicted molar refractivity (Wildman–Crippen MR) is 30.9 cm³/mol. The van der Waals surface area contributed by atoms with E-state index in [2.05, 4.69) is 0 Å². The van der Waals surface area contributed by atoms with Crippen molar-refractivity contribution >= 4 is 0 Å². The highest BCUT2D eigenvalue weighted by atomic mass is 19.1. The maximum absolute atomic E-state index is 12.5. The molecule has 1 aliphatic heterocycles. The maximum atomic E-state index is 12.5. The third kappa shape index (κ3) is 1.63. The van der Waals surface area contributed by atoms with Crippen molar-refractivity contribution < 1.29 is 13.9 Å². The van der Waals surface area contributed by atoms with E-state index < -0.39 is 6.17 Å². The molecule has 0 bridgehead atoms. The molecule has 0 spiro atoms. The molecule has 2 nitrogen and oxygen atoms in total. The monoisotopic (exact) mass is 134 g/mol. The number of rotatable bonds is 0. The van der Waals surface area contributed by atoms with Crippen LogP contribution in [0.25, 0.3) is 0 Å². The highest BCUT2D eigenvalue weighted by Gasteiger charge is 2.25. The minimum atomic E-state index is -0.957. The SMILES string of the molecule is CC1OCC(F)C(C)O1. The molecule has 1 aliphatic rings. The normalized spacial score (nSPS) is 45.0. The molecule has 0 aromatic carbocycles. The summed E-state index contributed by atoms with van der Waals surface area (Å²) in [6.07, 6.45) is -1.51. The Morgan fingerprint density at radius 3 is 2.56 bits per heavy atom. The Morgan fingerprint density at radius 1 is 1.44 bits per heavy atom. The molecule has 0 amide bonds. The number of hydrogen-bond acceptors (Lipinski definition) is 2. The van der Waals surface area contributed by atoms with Crippen molar-refractivity contribution in [2.45, 2.75) is 32.4 Å². The van der Waals surface area contributed by atoms with Gasteiger partial charge in [-0.3, -0.25) is 0 Å². The summed E-state index contributed by atoms with van der Waals surface area (Å²) in [5.41, 5.74) is 0. The lowest BCUT2D eigenvalue weighted by Crippen LogP contribution is -2.38. The lowest BCUT2D eigenvalue weighted by molar-refractivity contribution is -0.224. The highest BCUT2D eigenvalue weighted by molar-refractivity contribution is 4.67. The van der Waals surface area contributed by atoms with Gasteiger partial charge in [0.15, 0.2) is 6.29 Å². The van der Waals surface area contributed by atoms with Crippen LogP contribution in [0.4, 0.5) is 4.39 Å². The van der Waals surface area contributed by atoms with Crippen molar-refractivity contribution in [1.82, 2.24) is 0 Å². The first kappa shape index (κ1) is 6.96. The molecular formula is C6H11FO2. The number of alkyl halides is 1. The molecule has 9 heavy (non-hydrogen) atoms. The van der Waals surface area contributed by atoms with E-state index in [0.717, 1.165) is 0 Å². The van der Waals surface area contributed by atoms with Gasteiger partial charge in [0.05, 0.1) is 12.7 Å². The largest absolute Gasteiger partial charge is 0.350 e. The Labute approximate surface area is 54.0 Å². The van der Waals surface area contributed by atoms with Gasteiger partial charge in [-0.15, -0.1) is 0 Å². The smallest absolute Gasteiger partial charge is 0.155 e. The van der Waals surface area contributed by atoms with Crippen LogP contribution in [0.15, 0.2) is 0 Å². The molecule has 1 heterocycles. The van der Waals surface area contributed by atoms with Gasteiger partial charge in [0, 0.05) is 0 Å². The summed E-state index contributed by atoms with van der Waals surface area (Å²) >= 11 is 0. The van der Waals surface area contributed by atoms with Gasteiger partial charge in [0.25, 0.3) is 0 Å². The van der Waals surface area contributed by atoms with Crippen LogP contribution >= 0.6 is 0 Å². The van der Waals surface area contributed by atoms with Crippen molar-refractivity contribution in [2.24, 2.45) is 0 Å². The summed E-state index contributed by atoms with van der Waals surface area (Å²) in [5, 5.41) is 0. The minimum absolute atomic E-state index is 0.169. The van der Waals surface area contributed by atoms with Gasteiger partial charge in [0.1, 0.15) is 6.17 Å². The first-order valence-electron chi connectivity index (χ1n) is 3.11. The first-order chi connectivity index (χ1) is 4.20. The van der Waals surface area contributed by atoms with Gasteiger partial charge in [-0.25, -0.2) is 4.39 Å². The molecule has 1 rings (SSSR count). The third-order valence-corrected chi connectivity index (χ3v) is 1.41. The van der Waals surface area contributed by atoms with Crippen molar-refractivity contribution in [2.75, 3.05) is 6.61 Å². The van der Waals surface area contributed by atoms with Crippen molar-refractivity contribution in [3.63, 3.8) is 0 Å². The predicted octanol–water partition coefficient (Wildman–Crippen LogP) is 1.11. The van der Waals surface area contributed by atoms with E-state index in [4.69, 9.17) is 9.47 Å². The molecule has 3 unspecified atom stereocenters. The summed E-state index contributed by atoms with van der Waals surface area (Å²) in [7, 11) is 0. The number of halogens is 1. The molecule has 0 aromatic rings. The summed E-state index contributed by atoms with van der Waals surface area (Å²) < 4.78 is 22.4. The quantitative estimate of drug-likeness (QED) is 0.494. The lowest BCUT2D eigenvalue weighted by atomic mass is 10.2. The van der Waals surface area contributed by atoms with Crippen LogP contribution < -0.4 is 0 Å². The average Bonchev–Trinajstić information content (AvgIpc) is 1.80. The van der Waals surface area contributed by atoms with Crippen LogP contribution in [0.2, 0.25) is 0 Å². The van der Waals surface area contributed by atoms with E-state index in [1.54, 1.807) is 13.8 Å². The number of ether oxygens (including phenoxy) is 2. The van der Waals surface area contributed by atoms with Crippen molar-refractivity contribution in [3.05, 3.63) is 0 Å². The molecule has 1 fully saturated rings. The van der Waals surface area contributed by atoms with Gasteiger partial charge < -0.3 is 9.47 Å². The standard InChI is InChI=1S/C6H11FO2/c1-4-6(7)3-8-5(2)9-4/h4-6H,3H2,1-2H3. The molecule has 3 atom stereocenters. The van der Waals surface area contributed by atoms with Crippen LogP contribution in [-0.4, -0.2) is 25.2 Å². The number of hydrogen-bond donors (Lipinski definition) is 0. The van der Waals surface area contributed by atoms with Crippen LogP contribution in [0.3, 0.4) is 0 Å². The second-order valence-electron chi connectivity index (χ2n) is 2.26. The maximum Gasteiger partial charge on any atom is 0.155 e. The molecule has 0 aliphatic carbocycles. The van der Waals surface area contributed by atoms with Crippen molar-refractivity contribution in [1.29, 1.82) is 0 Å². The second-order valence-corrected chi connectivity index (χ2v) is 2.26. The fraction of sp³-hybridized carbons (Fsp3) is 1.00. The average molecular weight is 134 g/mol. The molecule has 0 radical (unpaired) electrons. The minimum Gasteiger partial charge on any atom is -0.350 e. The van der Waals surface area contributed by atoms with Crippen LogP contribution in [0, 0.1) is 0 Å². The molecular weight excluding hydrogens is 123 g/mol. The summed E-state index contributed by atoms with van der Waals surface area (Å²) in [6, 6.07) is 0. The summed E-state index contributed by atoms with van der Waals surface area (Å²) in [5.74, 6) is 0. The zero-order chi connectivity index (χ0) is 6.85. The molecule has 0 N–H and O–H groups in total. The Hall–Kier alpha value is -0.150. The van der Waals surface area contributed by atoms with Crippen molar-refractivity contribution in [3.8, 4) is 0 Å². The van der Waals surface area contributed by atoms with Gasteiger partial charge in [0.2, 0.25) is 0 Å². The molecule has 0 saturated carbocycles. The molecule has 3 heteroatoms. The van der Waals surface area contributed by atoms with E-state index in [0.29, 0.717) is 0 Å². The van der Waals surface area contributed by atoms with E-state index in [-0.39, 0.29) is 19.0 Å². The van der Waals surface area contributed by atoms with Crippen LogP contribution in [0.5, 0.6) is 0 Å². The zero-order valence-electron chi connectivity index (χ0n) is 5.63. The Bertz CT molecular complexity index is 97.1. The molecule has 54 valence electrons. The van der Waals surface area contributed by atoms with Crippen LogP contribution in [-0.2, 0) is 9.47 Å². The zero-order valence-corrected chi connectivity index (χ0v) is 5.63. The van der Waals surface area contributed by atoms with Crippen LogP contribution in [0.1, 0.15) is 13.8 Å². The van der Waals surface area contributed by atoms with E-state index in [1.807, 2.05) is 0 Å². The second kappa shape index (κ2) is 2.62. The Balaban J connectivity index is 2.35. The summed E-state index contributed by atoms with van der Waals surface area (Å²) in [4.78, 5) is 0. The Kier molecular flexibility index (Phi) is 2.03. The van der Waals surface area contributed by atoms with Gasteiger partial charge in [-0.1, -0.05) is 0 Å². The summed E-state index contributed by atoms with van der Waals surface area (Å²) in [6.45, 7) is 3.65. The fourth-order valence-electron chi connectivity index (χ4n) is 0.790. The third-order valence-electron chi connectivity index (χ3n) is 1.41. The molecule has 1 saturated heterocycles. The highest BCUT2D eigenvalue weighted by Crippen LogP contribution is 2.14. The lowest BCUT2D eigenvalue weighted by Gasteiger charge is -2.28. The van der Waals surface area contributed by atoms with E-state index in [9.17, 15) is 4.39 Å². The molecule has 0 aromatic heterocycles. The van der Waals surface area contributed by atoms with Gasteiger partial charge in [-0.05, 0) is 13.8 Å². The fourth-order valence-corrected chi connectivity index (χ4v) is 0.790. The first-order valence-corrected chi connectivity index (χ1v) is 3.11. The Morgan fingerprint density at radius 2 is 2.11 bits per heavy atom.